The van der Waals surface area contributed by atoms with E-state index in [-0.39, 0.29) is 44.0 Å². The Morgan fingerprint density at radius 2 is 1.87 bits per heavy atom. The van der Waals surface area contributed by atoms with E-state index in [2.05, 4.69) is 4.84 Å². The summed E-state index contributed by atoms with van der Waals surface area (Å²) in [5, 5.41) is 8.54. The summed E-state index contributed by atoms with van der Waals surface area (Å²) in [6, 6.07) is 0. The molecule has 2 rings (SSSR count). The van der Waals surface area contributed by atoms with E-state index in [0.29, 0.717) is 5.57 Å². The molecule has 174 valence electrons. The van der Waals surface area contributed by atoms with Crippen molar-refractivity contribution in [3.63, 3.8) is 0 Å². The number of rotatable bonds is 8. The maximum absolute atomic E-state index is 13.6. The number of nitrogens with zero attached hydrogens (tertiary/aromatic N) is 1. The smallest absolute Gasteiger partial charge is 0.430 e. The highest BCUT2D eigenvalue weighted by Gasteiger charge is 2.49. The molecule has 2 aliphatic rings. The van der Waals surface area contributed by atoms with Crippen LogP contribution in [0.5, 0.6) is 0 Å². The van der Waals surface area contributed by atoms with Gasteiger partial charge in [0.05, 0.1) is 24.2 Å². The number of ether oxygens (including phenoxy) is 3. The van der Waals surface area contributed by atoms with E-state index in [1.54, 1.807) is 0 Å². The van der Waals surface area contributed by atoms with E-state index < -0.39 is 34.3 Å². The number of hydrogen-bond acceptors (Lipinski definition) is 7. The predicted octanol–water partition coefficient (Wildman–Crippen LogP) is 3.88. The van der Waals surface area contributed by atoms with Crippen LogP contribution in [0.15, 0.2) is 34.6 Å². The lowest BCUT2D eigenvalue weighted by molar-refractivity contribution is -0.758. The number of allylic oxidation sites excluding steroid dienone is 4. The Kier molecular flexibility index (Phi) is 7.98. The fourth-order valence-electron chi connectivity index (χ4n) is 3.07. The van der Waals surface area contributed by atoms with E-state index in [1.807, 2.05) is 20.8 Å². The molecule has 1 heterocycles. The van der Waals surface area contributed by atoms with Crippen molar-refractivity contribution < 1.29 is 42.1 Å². The molecule has 0 aromatic heterocycles. The summed E-state index contributed by atoms with van der Waals surface area (Å²) in [4.78, 5) is 26.3. The molecule has 12 heteroatoms. The van der Waals surface area contributed by atoms with Crippen LogP contribution in [0.4, 0.5) is 13.2 Å². The van der Waals surface area contributed by atoms with Crippen LogP contribution in [-0.4, -0.2) is 55.1 Å². The highest BCUT2D eigenvalue weighted by molar-refractivity contribution is 6.22. The topological polar surface area (TPSA) is 97.1 Å². The minimum atomic E-state index is -4.84. The zero-order chi connectivity index (χ0) is 23.4. The minimum absolute atomic E-state index is 0.0369. The van der Waals surface area contributed by atoms with Crippen molar-refractivity contribution in [1.82, 2.24) is 0 Å². The van der Waals surface area contributed by atoms with Crippen molar-refractivity contribution in [2.45, 2.75) is 44.8 Å². The molecule has 1 aliphatic carbocycles. The van der Waals surface area contributed by atoms with Gasteiger partial charge in [0.2, 0.25) is 6.10 Å². The molecule has 0 aromatic rings. The standard InChI is InChI=1S/C19H23ClF3NO7/c1-18(2,3)13-10-15-11(9-14(13)20)8-12(16(31-15)19(21,22)23)17(25)29-6-4-28-5-7-30-24(26)27/h8,10,14,16H,4-7,9H2,1-3H3/t14?,16-/m0/s1. The Bertz CT molecular complexity index is 799. The van der Waals surface area contributed by atoms with E-state index in [1.165, 1.54) is 6.08 Å². The fourth-order valence-corrected chi connectivity index (χ4v) is 3.62. The van der Waals surface area contributed by atoms with Crippen LogP contribution >= 0.6 is 11.6 Å². The van der Waals surface area contributed by atoms with Gasteiger partial charge in [-0.1, -0.05) is 20.8 Å². The Morgan fingerprint density at radius 1 is 1.23 bits per heavy atom. The third kappa shape index (κ3) is 6.86. The third-order valence-corrected chi connectivity index (χ3v) is 4.87. The fraction of sp³-hybridized carbons (Fsp3) is 0.632. The van der Waals surface area contributed by atoms with Crippen LogP contribution in [-0.2, 0) is 23.8 Å². The average Bonchev–Trinajstić information content (AvgIpc) is 2.63. The van der Waals surface area contributed by atoms with Gasteiger partial charge in [0.15, 0.2) is 0 Å². The van der Waals surface area contributed by atoms with Gasteiger partial charge in [0, 0.05) is 0 Å². The van der Waals surface area contributed by atoms with Crippen LogP contribution in [0, 0.1) is 15.5 Å². The Hall–Kier alpha value is -2.27. The lowest BCUT2D eigenvalue weighted by Crippen LogP contribution is -2.39. The van der Waals surface area contributed by atoms with Gasteiger partial charge in [0.1, 0.15) is 19.0 Å². The third-order valence-electron chi connectivity index (χ3n) is 4.48. The van der Waals surface area contributed by atoms with Crippen LogP contribution in [0.1, 0.15) is 27.2 Å². The predicted molar refractivity (Wildman–Crippen MR) is 103 cm³/mol. The number of esters is 1. The van der Waals surface area contributed by atoms with E-state index in [0.717, 1.165) is 11.6 Å². The molecule has 0 N–H and O–H groups in total. The van der Waals surface area contributed by atoms with Crippen molar-refractivity contribution >= 4 is 17.6 Å². The number of alkyl halides is 4. The van der Waals surface area contributed by atoms with E-state index >= 15 is 0 Å². The van der Waals surface area contributed by atoms with Gasteiger partial charge in [0.25, 0.3) is 5.09 Å². The van der Waals surface area contributed by atoms with Gasteiger partial charge in [-0.15, -0.1) is 21.7 Å². The van der Waals surface area contributed by atoms with Crippen molar-refractivity contribution in [2.75, 3.05) is 26.4 Å². The van der Waals surface area contributed by atoms with E-state index in [4.69, 9.17) is 25.8 Å². The van der Waals surface area contributed by atoms with Gasteiger partial charge in [-0.05, 0) is 35.1 Å². The summed E-state index contributed by atoms with van der Waals surface area (Å²) in [6.07, 6.45) is -4.48. The van der Waals surface area contributed by atoms with Crippen LogP contribution < -0.4 is 0 Å². The van der Waals surface area contributed by atoms with Gasteiger partial charge in [-0.25, -0.2) is 4.79 Å². The molecule has 8 nitrogen and oxygen atoms in total. The Labute approximate surface area is 181 Å². The number of hydrogen-bond donors (Lipinski definition) is 0. The lowest BCUT2D eigenvalue weighted by Gasteiger charge is -2.35. The van der Waals surface area contributed by atoms with Crippen LogP contribution in [0.3, 0.4) is 0 Å². The molecule has 0 spiro atoms. The summed E-state index contributed by atoms with van der Waals surface area (Å²) < 4.78 is 55.7. The molecule has 0 radical (unpaired) electrons. The Morgan fingerprint density at radius 3 is 2.45 bits per heavy atom. The summed E-state index contributed by atoms with van der Waals surface area (Å²) in [5.74, 6) is -1.16. The number of halogens is 4. The molecule has 0 aromatic carbocycles. The maximum Gasteiger partial charge on any atom is 0.430 e. The zero-order valence-electron chi connectivity index (χ0n) is 17.2. The summed E-state index contributed by atoms with van der Waals surface area (Å²) in [5.41, 5.74) is 0.0786. The molecule has 1 unspecified atom stereocenters. The maximum atomic E-state index is 13.6. The highest BCUT2D eigenvalue weighted by Crippen LogP contribution is 2.43. The van der Waals surface area contributed by atoms with Crippen molar-refractivity contribution in [3.8, 4) is 0 Å². The molecule has 2 atom stereocenters. The molecule has 0 saturated carbocycles. The molecular weight excluding hydrogens is 447 g/mol. The zero-order valence-corrected chi connectivity index (χ0v) is 17.9. The van der Waals surface area contributed by atoms with Crippen molar-refractivity contribution in [1.29, 1.82) is 0 Å². The van der Waals surface area contributed by atoms with Gasteiger partial charge in [-0.2, -0.15) is 13.2 Å². The SMILES string of the molecule is CC(C)(C)C1=CC2=C(C=C(C(=O)OCCOCCO[N+](=O)[O-])[C@@H](C(F)(F)F)O2)CC1Cl. The largest absolute Gasteiger partial charge is 0.476 e. The number of carbonyl (C=O) groups excluding carboxylic acids is 1. The highest BCUT2D eigenvalue weighted by atomic mass is 35.5. The van der Waals surface area contributed by atoms with Crippen molar-refractivity contribution in [3.05, 3.63) is 44.7 Å². The second-order valence-electron chi connectivity index (χ2n) is 7.86. The first-order valence-corrected chi connectivity index (χ1v) is 9.80. The monoisotopic (exact) mass is 469 g/mol. The van der Waals surface area contributed by atoms with Crippen molar-refractivity contribution in [2.24, 2.45) is 5.41 Å². The normalized spacial score (nSPS) is 21.5. The molecule has 0 amide bonds. The molecule has 0 saturated heterocycles. The Balaban J connectivity index is 2.10. The first kappa shape index (κ1) is 25.0. The van der Waals surface area contributed by atoms with Gasteiger partial charge < -0.3 is 19.0 Å². The van der Waals surface area contributed by atoms with Crippen LogP contribution in [0.25, 0.3) is 0 Å². The number of carbonyl (C=O) groups is 1. The van der Waals surface area contributed by atoms with Crippen LogP contribution in [0.2, 0.25) is 0 Å². The summed E-state index contributed by atoms with van der Waals surface area (Å²) in [7, 11) is 0. The van der Waals surface area contributed by atoms with Gasteiger partial charge in [-0.3, -0.25) is 0 Å². The minimum Gasteiger partial charge on any atom is -0.476 e. The second-order valence-corrected chi connectivity index (χ2v) is 8.38. The van der Waals surface area contributed by atoms with E-state index in [9.17, 15) is 28.1 Å². The average molecular weight is 470 g/mol. The summed E-state index contributed by atoms with van der Waals surface area (Å²) in [6.45, 7) is 4.70. The molecular formula is C19H23ClF3NO7. The molecule has 31 heavy (non-hydrogen) atoms. The molecule has 1 aliphatic heterocycles. The molecule has 0 fully saturated rings. The second kappa shape index (κ2) is 9.90. The van der Waals surface area contributed by atoms with Gasteiger partial charge >= 0.3 is 12.1 Å². The summed E-state index contributed by atoms with van der Waals surface area (Å²) >= 11 is 6.41. The lowest BCUT2D eigenvalue weighted by atomic mass is 9.79. The first-order valence-electron chi connectivity index (χ1n) is 9.37. The first-order chi connectivity index (χ1) is 14.3. The quantitative estimate of drug-likeness (QED) is 0.175. The molecule has 0 bridgehead atoms.